The minimum atomic E-state index is -0.270. The van der Waals surface area contributed by atoms with E-state index in [-0.39, 0.29) is 11.8 Å². The highest BCUT2D eigenvalue weighted by Crippen LogP contribution is 2.23. The van der Waals surface area contributed by atoms with Crippen LogP contribution in [0.4, 0.5) is 5.82 Å². The fourth-order valence-electron chi connectivity index (χ4n) is 3.42. The molecule has 0 radical (unpaired) electrons. The Morgan fingerprint density at radius 3 is 2.55 bits per heavy atom. The van der Waals surface area contributed by atoms with Crippen molar-refractivity contribution in [1.82, 2.24) is 20.7 Å². The minimum Gasteiger partial charge on any atom is -0.459 e. The van der Waals surface area contributed by atoms with Crippen molar-refractivity contribution < 1.29 is 14.0 Å². The standard InChI is InChI=1S/C22H22BrN5O3/c23-17-13-18(21(29)26-25-14-16-5-2-1-3-6-16)20(24-15-17)27-8-10-28(11-9-27)22(30)19-7-4-12-31-19/h1-7,12-13,15,25H,8-11,14H2,(H,26,29). The average molecular weight is 484 g/mol. The molecule has 2 amide bonds. The third-order valence-electron chi connectivity index (χ3n) is 5.01. The fourth-order valence-corrected chi connectivity index (χ4v) is 3.75. The second-order valence-electron chi connectivity index (χ2n) is 7.07. The number of pyridine rings is 1. The van der Waals surface area contributed by atoms with Gasteiger partial charge in [-0.1, -0.05) is 30.3 Å². The number of furan rings is 1. The van der Waals surface area contributed by atoms with E-state index in [1.807, 2.05) is 35.2 Å². The zero-order valence-electron chi connectivity index (χ0n) is 16.8. The first kappa shape index (κ1) is 21.1. The second-order valence-corrected chi connectivity index (χ2v) is 7.99. The Balaban J connectivity index is 1.40. The first-order valence-electron chi connectivity index (χ1n) is 9.92. The van der Waals surface area contributed by atoms with Gasteiger partial charge in [-0.25, -0.2) is 10.4 Å². The van der Waals surface area contributed by atoms with Crippen molar-refractivity contribution in [2.75, 3.05) is 31.1 Å². The number of halogens is 1. The SMILES string of the molecule is O=C(NNCc1ccccc1)c1cc(Br)cnc1N1CCN(C(=O)c2ccco2)CC1. The molecule has 0 aliphatic carbocycles. The van der Waals surface area contributed by atoms with Crippen LogP contribution >= 0.6 is 15.9 Å². The van der Waals surface area contributed by atoms with E-state index in [1.54, 1.807) is 29.3 Å². The number of carbonyl (C=O) groups excluding carboxylic acids is 2. The number of carbonyl (C=O) groups is 2. The molecule has 4 rings (SSSR count). The lowest BCUT2D eigenvalue weighted by Gasteiger charge is -2.35. The predicted molar refractivity (Wildman–Crippen MR) is 120 cm³/mol. The van der Waals surface area contributed by atoms with Crippen LogP contribution in [-0.4, -0.2) is 47.9 Å². The molecule has 0 unspecified atom stereocenters. The smallest absolute Gasteiger partial charge is 0.289 e. The molecule has 1 saturated heterocycles. The molecule has 160 valence electrons. The number of hydrogen-bond acceptors (Lipinski definition) is 6. The van der Waals surface area contributed by atoms with Gasteiger partial charge in [0.25, 0.3) is 11.8 Å². The van der Waals surface area contributed by atoms with Crippen molar-refractivity contribution >= 4 is 33.6 Å². The van der Waals surface area contributed by atoms with E-state index in [0.717, 1.165) is 10.0 Å². The van der Waals surface area contributed by atoms with Gasteiger partial charge in [-0.15, -0.1) is 0 Å². The highest BCUT2D eigenvalue weighted by atomic mass is 79.9. The second kappa shape index (κ2) is 9.76. The minimum absolute atomic E-state index is 0.128. The van der Waals surface area contributed by atoms with Crippen LogP contribution in [0.2, 0.25) is 0 Å². The quantitative estimate of drug-likeness (QED) is 0.523. The van der Waals surface area contributed by atoms with E-state index in [4.69, 9.17) is 4.42 Å². The summed E-state index contributed by atoms with van der Waals surface area (Å²) in [6.45, 7) is 2.68. The molecule has 2 aromatic heterocycles. The summed E-state index contributed by atoms with van der Waals surface area (Å²) < 4.78 is 5.93. The number of nitrogens with zero attached hydrogens (tertiary/aromatic N) is 3. The maximum Gasteiger partial charge on any atom is 0.289 e. The zero-order chi connectivity index (χ0) is 21.6. The summed E-state index contributed by atoms with van der Waals surface area (Å²) in [7, 11) is 0. The maximum atomic E-state index is 12.8. The molecule has 1 aromatic carbocycles. The number of anilines is 1. The summed E-state index contributed by atoms with van der Waals surface area (Å²) >= 11 is 3.40. The number of nitrogens with one attached hydrogen (secondary N) is 2. The van der Waals surface area contributed by atoms with Crippen molar-refractivity contribution in [3.8, 4) is 0 Å². The summed E-state index contributed by atoms with van der Waals surface area (Å²) in [4.78, 5) is 33.6. The Morgan fingerprint density at radius 1 is 1.06 bits per heavy atom. The van der Waals surface area contributed by atoms with Crippen LogP contribution in [0, 0.1) is 0 Å². The molecule has 31 heavy (non-hydrogen) atoms. The number of benzene rings is 1. The number of rotatable bonds is 6. The summed E-state index contributed by atoms with van der Waals surface area (Å²) in [5.41, 5.74) is 7.23. The van der Waals surface area contributed by atoms with Crippen LogP contribution < -0.4 is 15.8 Å². The molecule has 0 saturated carbocycles. The predicted octanol–water partition coefficient (Wildman–Crippen LogP) is 2.83. The Hall–Kier alpha value is -3.17. The molecule has 1 aliphatic heterocycles. The van der Waals surface area contributed by atoms with Gasteiger partial charge in [-0.3, -0.25) is 15.0 Å². The molecule has 0 spiro atoms. The molecule has 8 nitrogen and oxygen atoms in total. The molecule has 3 aromatic rings. The van der Waals surface area contributed by atoms with Gasteiger partial charge in [0, 0.05) is 43.4 Å². The summed E-state index contributed by atoms with van der Waals surface area (Å²) in [6.07, 6.45) is 3.16. The topological polar surface area (TPSA) is 90.7 Å². The van der Waals surface area contributed by atoms with E-state index >= 15 is 0 Å². The number of hydrogen-bond donors (Lipinski definition) is 2. The Bertz CT molecular complexity index is 1030. The number of hydrazine groups is 1. The number of amides is 2. The molecule has 0 bridgehead atoms. The van der Waals surface area contributed by atoms with Crippen molar-refractivity contribution in [3.05, 3.63) is 82.4 Å². The van der Waals surface area contributed by atoms with Crippen LogP contribution in [0.5, 0.6) is 0 Å². The highest BCUT2D eigenvalue weighted by Gasteiger charge is 2.26. The molecular formula is C22H22BrN5O3. The fraction of sp³-hybridized carbons (Fsp3) is 0.227. The van der Waals surface area contributed by atoms with Gasteiger partial charge in [0.05, 0.1) is 11.8 Å². The van der Waals surface area contributed by atoms with Crippen molar-refractivity contribution in [2.45, 2.75) is 6.54 Å². The lowest BCUT2D eigenvalue weighted by Crippen LogP contribution is -2.49. The van der Waals surface area contributed by atoms with E-state index in [1.165, 1.54) is 6.26 Å². The largest absolute Gasteiger partial charge is 0.459 e. The van der Waals surface area contributed by atoms with E-state index in [2.05, 4.69) is 31.8 Å². The Morgan fingerprint density at radius 2 is 1.84 bits per heavy atom. The van der Waals surface area contributed by atoms with Gasteiger partial charge in [0.1, 0.15) is 5.82 Å². The normalized spacial score (nSPS) is 13.8. The lowest BCUT2D eigenvalue weighted by atomic mass is 10.2. The zero-order valence-corrected chi connectivity index (χ0v) is 18.3. The summed E-state index contributed by atoms with van der Waals surface area (Å²) in [5, 5.41) is 0. The third-order valence-corrected chi connectivity index (χ3v) is 5.45. The molecule has 1 aliphatic rings. The highest BCUT2D eigenvalue weighted by molar-refractivity contribution is 9.10. The third kappa shape index (κ3) is 5.12. The lowest BCUT2D eigenvalue weighted by molar-refractivity contribution is 0.0713. The van der Waals surface area contributed by atoms with Crippen molar-refractivity contribution in [1.29, 1.82) is 0 Å². The van der Waals surface area contributed by atoms with Crippen LogP contribution in [0.25, 0.3) is 0 Å². The first-order valence-corrected chi connectivity index (χ1v) is 10.7. The summed E-state index contributed by atoms with van der Waals surface area (Å²) in [5.74, 6) is 0.525. The van der Waals surface area contributed by atoms with Crippen LogP contribution in [0.1, 0.15) is 26.5 Å². The van der Waals surface area contributed by atoms with Crippen molar-refractivity contribution in [2.24, 2.45) is 0 Å². The molecule has 1 fully saturated rings. The molecular weight excluding hydrogens is 462 g/mol. The monoisotopic (exact) mass is 483 g/mol. The van der Waals surface area contributed by atoms with E-state index < -0.39 is 0 Å². The van der Waals surface area contributed by atoms with Gasteiger partial charge < -0.3 is 14.2 Å². The summed E-state index contributed by atoms with van der Waals surface area (Å²) in [6, 6.07) is 14.9. The molecule has 3 heterocycles. The van der Waals surface area contributed by atoms with E-state index in [0.29, 0.717) is 49.9 Å². The number of piperazine rings is 1. The number of aromatic nitrogens is 1. The van der Waals surface area contributed by atoms with Gasteiger partial charge >= 0.3 is 0 Å². The van der Waals surface area contributed by atoms with Crippen LogP contribution in [-0.2, 0) is 6.54 Å². The maximum absolute atomic E-state index is 12.8. The first-order chi connectivity index (χ1) is 15.1. The van der Waals surface area contributed by atoms with Gasteiger partial charge in [-0.2, -0.15) is 0 Å². The van der Waals surface area contributed by atoms with Gasteiger partial charge in [-0.05, 0) is 39.7 Å². The molecule has 9 heteroatoms. The van der Waals surface area contributed by atoms with Crippen molar-refractivity contribution in [3.63, 3.8) is 0 Å². The van der Waals surface area contributed by atoms with Crippen LogP contribution in [0.3, 0.4) is 0 Å². The van der Waals surface area contributed by atoms with Gasteiger partial charge in [0.2, 0.25) is 0 Å². The van der Waals surface area contributed by atoms with E-state index in [9.17, 15) is 9.59 Å². The molecule has 2 N–H and O–H groups in total. The van der Waals surface area contributed by atoms with Gasteiger partial charge in [0.15, 0.2) is 5.76 Å². The molecule has 0 atom stereocenters. The Kier molecular flexibility index (Phi) is 6.63. The van der Waals surface area contributed by atoms with Crippen LogP contribution in [0.15, 0.2) is 69.9 Å². The Labute approximate surface area is 188 Å². The average Bonchev–Trinajstić information content (AvgIpc) is 3.34.